The highest BCUT2D eigenvalue weighted by Gasteiger charge is 2.15. The van der Waals surface area contributed by atoms with Crippen LogP contribution in [0.3, 0.4) is 0 Å². The third kappa shape index (κ3) is 2.64. The van der Waals surface area contributed by atoms with Crippen LogP contribution >= 0.6 is 0 Å². The summed E-state index contributed by atoms with van der Waals surface area (Å²) in [6.07, 6.45) is 9.05. The lowest BCUT2D eigenvalue weighted by Crippen LogP contribution is -1.87. The average Bonchev–Trinajstić information content (AvgIpc) is 3.43. The zero-order valence-electron chi connectivity index (χ0n) is 15.7. The third-order valence-electron chi connectivity index (χ3n) is 5.11. The summed E-state index contributed by atoms with van der Waals surface area (Å²) in [7, 11) is 0. The topological polar surface area (TPSA) is 96.0 Å². The van der Waals surface area contributed by atoms with Gasteiger partial charge in [0.25, 0.3) is 0 Å². The smallest absolute Gasteiger partial charge is 0.135 e. The molecule has 0 radical (unpaired) electrons. The van der Waals surface area contributed by atoms with Gasteiger partial charge < -0.3 is 4.98 Å². The highest BCUT2D eigenvalue weighted by Crippen LogP contribution is 2.33. The monoisotopic (exact) mass is 389 g/mol. The number of aromatic amines is 2. The lowest BCUT2D eigenvalue weighted by molar-refractivity contribution is 1.12. The second-order valence-corrected chi connectivity index (χ2v) is 6.95. The Morgan fingerprint density at radius 3 is 2.63 bits per heavy atom. The number of nitrogens with one attached hydrogen (secondary N) is 2. The van der Waals surface area contributed by atoms with Crippen LogP contribution in [-0.2, 0) is 0 Å². The SMILES string of the molecule is c1ccc(-c2ccc3[nH]nc(-c4cc5c(-c6cccnc6)cncc5[nH]4)c3n2)nc1. The van der Waals surface area contributed by atoms with Gasteiger partial charge in [0.1, 0.15) is 11.2 Å². The van der Waals surface area contributed by atoms with Crippen LogP contribution in [0.25, 0.3) is 55.8 Å². The molecule has 2 N–H and O–H groups in total. The number of hydrogen-bond acceptors (Lipinski definition) is 5. The van der Waals surface area contributed by atoms with Gasteiger partial charge in [0, 0.05) is 41.3 Å². The first-order valence-corrected chi connectivity index (χ1v) is 9.51. The molecule has 6 rings (SSSR count). The maximum atomic E-state index is 4.83. The molecule has 0 saturated carbocycles. The molecule has 0 aliphatic carbocycles. The number of H-pyrrole nitrogens is 2. The molecule has 0 aromatic carbocycles. The Labute approximate surface area is 170 Å². The predicted molar refractivity (Wildman–Crippen MR) is 115 cm³/mol. The summed E-state index contributed by atoms with van der Waals surface area (Å²) in [5.41, 5.74) is 7.90. The highest BCUT2D eigenvalue weighted by atomic mass is 15.1. The first-order valence-electron chi connectivity index (χ1n) is 9.51. The van der Waals surface area contributed by atoms with E-state index in [-0.39, 0.29) is 0 Å². The van der Waals surface area contributed by atoms with Crippen molar-refractivity contribution in [3.8, 4) is 33.9 Å². The molecule has 0 aliphatic heterocycles. The minimum atomic E-state index is 0.760. The van der Waals surface area contributed by atoms with E-state index in [2.05, 4.69) is 36.2 Å². The Morgan fingerprint density at radius 2 is 1.77 bits per heavy atom. The number of fused-ring (bicyclic) bond motifs is 2. The summed E-state index contributed by atoms with van der Waals surface area (Å²) in [5, 5.41) is 8.66. The second-order valence-electron chi connectivity index (χ2n) is 6.95. The van der Waals surface area contributed by atoms with Crippen LogP contribution in [-0.4, -0.2) is 35.1 Å². The maximum absolute atomic E-state index is 4.83. The van der Waals surface area contributed by atoms with E-state index in [0.717, 1.165) is 55.8 Å². The first kappa shape index (κ1) is 16.6. The molecule has 0 unspecified atom stereocenters. The number of rotatable bonds is 3. The molecule has 0 spiro atoms. The Hall–Kier alpha value is -4.39. The van der Waals surface area contributed by atoms with Gasteiger partial charge in [-0.2, -0.15) is 5.10 Å². The van der Waals surface area contributed by atoms with Gasteiger partial charge in [0.2, 0.25) is 0 Å². The number of aromatic nitrogens is 7. The summed E-state index contributed by atoms with van der Waals surface area (Å²) >= 11 is 0. The van der Waals surface area contributed by atoms with E-state index < -0.39 is 0 Å². The largest absolute Gasteiger partial charge is 0.352 e. The van der Waals surface area contributed by atoms with Crippen molar-refractivity contribution in [3.63, 3.8) is 0 Å². The van der Waals surface area contributed by atoms with Crippen molar-refractivity contribution in [2.45, 2.75) is 0 Å². The average molecular weight is 389 g/mol. The number of pyridine rings is 4. The van der Waals surface area contributed by atoms with Crippen molar-refractivity contribution in [2.75, 3.05) is 0 Å². The molecule has 6 aromatic rings. The lowest BCUT2D eigenvalue weighted by atomic mass is 10.1. The van der Waals surface area contributed by atoms with Crippen LogP contribution < -0.4 is 0 Å². The summed E-state index contributed by atoms with van der Waals surface area (Å²) in [5.74, 6) is 0. The first-order chi connectivity index (χ1) is 14.9. The van der Waals surface area contributed by atoms with Gasteiger partial charge in [-0.3, -0.25) is 20.1 Å². The predicted octanol–water partition coefficient (Wildman–Crippen LogP) is 4.63. The molecule has 7 heteroatoms. The molecule has 0 aliphatic rings. The normalized spacial score (nSPS) is 11.3. The van der Waals surface area contributed by atoms with Gasteiger partial charge in [0.15, 0.2) is 0 Å². The Bertz CT molecular complexity index is 1480. The molecular formula is C23H15N7. The van der Waals surface area contributed by atoms with Crippen molar-refractivity contribution >= 4 is 21.9 Å². The molecule has 0 atom stereocenters. The fraction of sp³-hybridized carbons (Fsp3) is 0. The van der Waals surface area contributed by atoms with E-state index in [0.29, 0.717) is 0 Å². The van der Waals surface area contributed by atoms with Crippen molar-refractivity contribution in [3.05, 3.63) is 79.5 Å². The third-order valence-corrected chi connectivity index (χ3v) is 5.11. The Balaban J connectivity index is 1.52. The van der Waals surface area contributed by atoms with Gasteiger partial charge in [-0.25, -0.2) is 4.98 Å². The van der Waals surface area contributed by atoms with Crippen molar-refractivity contribution in [1.29, 1.82) is 0 Å². The van der Waals surface area contributed by atoms with E-state index in [1.807, 2.05) is 61.1 Å². The van der Waals surface area contributed by atoms with Crippen molar-refractivity contribution in [2.24, 2.45) is 0 Å². The lowest BCUT2D eigenvalue weighted by Gasteiger charge is -2.01. The van der Waals surface area contributed by atoms with Crippen LogP contribution in [0.4, 0.5) is 0 Å². The number of nitrogens with zero attached hydrogens (tertiary/aromatic N) is 5. The summed E-state index contributed by atoms with van der Waals surface area (Å²) in [6.45, 7) is 0. The van der Waals surface area contributed by atoms with Crippen LogP contribution in [0, 0.1) is 0 Å². The van der Waals surface area contributed by atoms with Gasteiger partial charge >= 0.3 is 0 Å². The molecule has 6 heterocycles. The van der Waals surface area contributed by atoms with E-state index >= 15 is 0 Å². The van der Waals surface area contributed by atoms with Crippen molar-refractivity contribution in [1.82, 2.24) is 35.1 Å². The molecule has 6 aromatic heterocycles. The van der Waals surface area contributed by atoms with E-state index in [9.17, 15) is 0 Å². The van der Waals surface area contributed by atoms with E-state index in [4.69, 9.17) is 4.98 Å². The maximum Gasteiger partial charge on any atom is 0.135 e. The molecular weight excluding hydrogens is 374 g/mol. The standard InChI is InChI=1S/C23H15N7/c1-2-9-26-17(5-1)18-6-7-19-22(28-18)23(30-29-19)20-10-15-16(12-25-13-21(15)27-20)14-4-3-8-24-11-14/h1-13,27H,(H,29,30). The van der Waals surface area contributed by atoms with Crippen LogP contribution in [0.5, 0.6) is 0 Å². The molecule has 142 valence electrons. The minimum absolute atomic E-state index is 0.760. The van der Waals surface area contributed by atoms with Crippen LogP contribution in [0.2, 0.25) is 0 Å². The van der Waals surface area contributed by atoms with Crippen LogP contribution in [0.15, 0.2) is 79.5 Å². The van der Waals surface area contributed by atoms with Crippen LogP contribution in [0.1, 0.15) is 0 Å². The van der Waals surface area contributed by atoms with Crippen molar-refractivity contribution < 1.29 is 0 Å². The fourth-order valence-corrected chi connectivity index (χ4v) is 3.67. The summed E-state index contributed by atoms with van der Waals surface area (Å²) in [6, 6.07) is 15.8. The quantitative estimate of drug-likeness (QED) is 0.460. The summed E-state index contributed by atoms with van der Waals surface area (Å²) < 4.78 is 0. The second kappa shape index (κ2) is 6.59. The van der Waals surface area contributed by atoms with Gasteiger partial charge in [0.05, 0.1) is 34.3 Å². The Kier molecular flexibility index (Phi) is 3.64. The molecule has 0 bridgehead atoms. The van der Waals surface area contributed by atoms with E-state index in [1.165, 1.54) is 0 Å². The number of hydrogen-bond donors (Lipinski definition) is 2. The molecule has 0 saturated heterocycles. The zero-order valence-corrected chi connectivity index (χ0v) is 15.7. The molecule has 7 nitrogen and oxygen atoms in total. The molecule has 30 heavy (non-hydrogen) atoms. The Morgan fingerprint density at radius 1 is 0.767 bits per heavy atom. The fourth-order valence-electron chi connectivity index (χ4n) is 3.67. The zero-order chi connectivity index (χ0) is 19.9. The molecule has 0 amide bonds. The van der Waals surface area contributed by atoms with Gasteiger partial charge in [-0.15, -0.1) is 0 Å². The highest BCUT2D eigenvalue weighted by molar-refractivity contribution is 5.99. The minimum Gasteiger partial charge on any atom is -0.352 e. The van der Waals surface area contributed by atoms with E-state index in [1.54, 1.807) is 12.4 Å². The summed E-state index contributed by atoms with van der Waals surface area (Å²) in [4.78, 5) is 21.3. The van der Waals surface area contributed by atoms with Gasteiger partial charge in [-0.05, 0) is 36.4 Å². The molecule has 0 fully saturated rings. The van der Waals surface area contributed by atoms with Gasteiger partial charge in [-0.1, -0.05) is 12.1 Å².